The second-order valence-corrected chi connectivity index (χ2v) is 10.7. The van der Waals surface area contributed by atoms with Crippen LogP contribution in [0.15, 0.2) is 23.2 Å². The third-order valence-electron chi connectivity index (χ3n) is 7.93. The lowest BCUT2D eigenvalue weighted by atomic mass is 9.72. The maximum absolute atomic E-state index is 11.8. The van der Waals surface area contributed by atoms with Crippen LogP contribution < -0.4 is 21.1 Å². The molecule has 0 amide bonds. The molecule has 2 aliphatic rings. The van der Waals surface area contributed by atoms with Crippen LogP contribution in [0.4, 0.5) is 0 Å². The van der Waals surface area contributed by atoms with Crippen molar-refractivity contribution in [2.75, 3.05) is 26.7 Å². The van der Waals surface area contributed by atoms with E-state index in [4.69, 9.17) is 15.2 Å². The van der Waals surface area contributed by atoms with Crippen LogP contribution in [0.1, 0.15) is 64.4 Å². The van der Waals surface area contributed by atoms with Crippen molar-refractivity contribution in [3.63, 3.8) is 0 Å². The smallest absolute Gasteiger partial charge is 0.302 e. The van der Waals surface area contributed by atoms with Crippen LogP contribution >= 0.6 is 0 Å². The Morgan fingerprint density at radius 2 is 2.03 bits per heavy atom. The number of hydrogen-bond acceptors (Lipinski definition) is 7. The fraction of sp³-hybridized carbons (Fsp3) is 0.714. The summed E-state index contributed by atoms with van der Waals surface area (Å²) in [6.07, 6.45) is 5.53. The molecular formula is C28H46N4O5. The minimum absolute atomic E-state index is 0.0919. The summed E-state index contributed by atoms with van der Waals surface area (Å²) in [5.74, 6) is 1.82. The number of aliphatic hydroxyl groups excluding tert-OH is 1. The predicted octanol–water partition coefficient (Wildman–Crippen LogP) is 2.72. The zero-order chi connectivity index (χ0) is 26.8. The molecule has 1 aromatic rings. The van der Waals surface area contributed by atoms with E-state index in [1.54, 1.807) is 13.1 Å². The van der Waals surface area contributed by atoms with Crippen LogP contribution in [0.2, 0.25) is 0 Å². The molecule has 0 aromatic heterocycles. The Morgan fingerprint density at radius 3 is 2.73 bits per heavy atom. The molecule has 9 heteroatoms. The molecule has 3 rings (SSSR count). The highest BCUT2D eigenvalue weighted by molar-refractivity contribution is 5.77. The van der Waals surface area contributed by atoms with Crippen LogP contribution in [0.5, 0.6) is 11.5 Å². The Morgan fingerprint density at radius 1 is 1.27 bits per heavy atom. The van der Waals surface area contributed by atoms with E-state index in [-0.39, 0.29) is 29.8 Å². The number of aryl methyl sites for hydroxylation is 1. The number of aliphatic hydroxyl groups is 1. The number of carbonyl (C=O) groups is 1. The average Bonchev–Trinajstić information content (AvgIpc) is 2.88. The highest BCUT2D eigenvalue weighted by Crippen LogP contribution is 2.37. The number of aromatic hydroxyl groups is 1. The van der Waals surface area contributed by atoms with E-state index in [9.17, 15) is 15.0 Å². The number of nitrogens with one attached hydrogen (secondary N) is 2. The molecule has 1 saturated heterocycles. The molecule has 37 heavy (non-hydrogen) atoms. The topological polar surface area (TPSA) is 138 Å². The molecule has 208 valence electrons. The fourth-order valence-electron chi connectivity index (χ4n) is 5.55. The van der Waals surface area contributed by atoms with E-state index >= 15 is 0 Å². The molecule has 1 saturated carbocycles. The minimum Gasteiger partial charge on any atom is -0.504 e. The number of esters is 1. The molecule has 1 heterocycles. The van der Waals surface area contributed by atoms with Gasteiger partial charge in [0.15, 0.2) is 17.5 Å². The Hall–Kier alpha value is -2.52. The predicted molar refractivity (Wildman–Crippen MR) is 145 cm³/mol. The lowest BCUT2D eigenvalue weighted by Gasteiger charge is -2.37. The van der Waals surface area contributed by atoms with E-state index in [2.05, 4.69) is 22.5 Å². The van der Waals surface area contributed by atoms with Crippen molar-refractivity contribution in [2.24, 2.45) is 28.5 Å². The number of hydrogen-bond donors (Lipinski definition) is 5. The van der Waals surface area contributed by atoms with Gasteiger partial charge in [0.2, 0.25) is 0 Å². The number of phenolic OH excluding ortho intramolecular Hbond substituents is 1. The number of ether oxygens (including phenoxy) is 2. The first-order chi connectivity index (χ1) is 17.7. The third kappa shape index (κ3) is 9.38. The number of carbonyl (C=O) groups excluding carboxylic acids is 1. The largest absolute Gasteiger partial charge is 0.504 e. The molecule has 1 aromatic carbocycles. The van der Waals surface area contributed by atoms with Crippen molar-refractivity contribution in [1.82, 2.24) is 10.6 Å². The fourth-order valence-corrected chi connectivity index (χ4v) is 5.55. The Kier molecular flexibility index (Phi) is 11.3. The summed E-state index contributed by atoms with van der Waals surface area (Å²) in [6.45, 7) is 6.22. The summed E-state index contributed by atoms with van der Waals surface area (Å²) in [5, 5.41) is 27.9. The summed E-state index contributed by atoms with van der Waals surface area (Å²) >= 11 is 0. The van der Waals surface area contributed by atoms with Crippen LogP contribution in [-0.4, -0.2) is 67.1 Å². The molecule has 0 unspecified atom stereocenters. The van der Waals surface area contributed by atoms with Gasteiger partial charge in [0, 0.05) is 26.9 Å². The number of nitrogens with two attached hydrogens (primary N) is 1. The zero-order valence-corrected chi connectivity index (χ0v) is 22.6. The molecule has 1 aliphatic heterocycles. The van der Waals surface area contributed by atoms with Crippen molar-refractivity contribution in [3.8, 4) is 11.5 Å². The van der Waals surface area contributed by atoms with Crippen molar-refractivity contribution in [2.45, 2.75) is 83.5 Å². The summed E-state index contributed by atoms with van der Waals surface area (Å²) < 4.78 is 11.7. The SMILES string of the molecule is CN=C(N)NC[C@@H]1C[C@H]([C@H](O)C[C@@H](CCc2ccc(O)c(OC3CCNCC3)c2)OC(C)=O)CC[C@H]1C. The van der Waals surface area contributed by atoms with Crippen molar-refractivity contribution >= 4 is 11.9 Å². The molecular weight excluding hydrogens is 472 g/mol. The van der Waals surface area contributed by atoms with Crippen molar-refractivity contribution < 1.29 is 24.5 Å². The number of nitrogens with zero attached hydrogens (tertiary/aromatic N) is 1. The second kappa shape index (κ2) is 14.4. The number of guanidine groups is 1. The summed E-state index contributed by atoms with van der Waals surface area (Å²) in [7, 11) is 1.66. The first kappa shape index (κ1) is 29.0. The van der Waals surface area contributed by atoms with Gasteiger partial charge in [0.1, 0.15) is 12.2 Å². The molecule has 0 spiro atoms. The minimum atomic E-state index is -0.546. The first-order valence-corrected chi connectivity index (χ1v) is 13.8. The van der Waals surface area contributed by atoms with E-state index in [1.807, 2.05) is 12.1 Å². The summed E-state index contributed by atoms with van der Waals surface area (Å²) in [6, 6.07) is 5.41. The van der Waals surface area contributed by atoms with Crippen LogP contribution in [0, 0.1) is 17.8 Å². The Bertz CT molecular complexity index is 889. The van der Waals surface area contributed by atoms with Crippen molar-refractivity contribution in [3.05, 3.63) is 23.8 Å². The first-order valence-electron chi connectivity index (χ1n) is 13.8. The highest BCUT2D eigenvalue weighted by atomic mass is 16.5. The van der Waals surface area contributed by atoms with Gasteiger partial charge in [-0.05, 0) is 87.1 Å². The van der Waals surface area contributed by atoms with E-state index in [1.165, 1.54) is 6.92 Å². The van der Waals surface area contributed by atoms with Gasteiger partial charge in [0.05, 0.1) is 6.10 Å². The average molecular weight is 519 g/mol. The van der Waals surface area contributed by atoms with Crippen molar-refractivity contribution in [1.29, 1.82) is 0 Å². The monoisotopic (exact) mass is 518 g/mol. The second-order valence-electron chi connectivity index (χ2n) is 10.7. The van der Waals surface area contributed by atoms with Crippen LogP contribution in [-0.2, 0) is 16.0 Å². The normalized spacial score (nSPS) is 24.8. The number of rotatable bonds is 11. The Balaban J connectivity index is 1.56. The quantitative estimate of drug-likeness (QED) is 0.171. The van der Waals surface area contributed by atoms with E-state index < -0.39 is 6.10 Å². The van der Waals surface area contributed by atoms with Gasteiger partial charge in [-0.1, -0.05) is 19.4 Å². The lowest BCUT2D eigenvalue weighted by molar-refractivity contribution is -0.148. The van der Waals surface area contributed by atoms with Gasteiger partial charge in [-0.2, -0.15) is 0 Å². The summed E-state index contributed by atoms with van der Waals surface area (Å²) in [4.78, 5) is 15.8. The number of aliphatic imine (C=N–C) groups is 1. The maximum Gasteiger partial charge on any atom is 0.302 e. The molecule has 0 radical (unpaired) electrons. The summed E-state index contributed by atoms with van der Waals surface area (Å²) in [5.41, 5.74) is 6.81. The highest BCUT2D eigenvalue weighted by Gasteiger charge is 2.33. The van der Waals surface area contributed by atoms with E-state index in [0.29, 0.717) is 42.8 Å². The molecule has 2 fully saturated rings. The number of phenols is 1. The van der Waals surface area contributed by atoms with Gasteiger partial charge in [-0.25, -0.2) is 0 Å². The molecule has 0 bridgehead atoms. The standard InChI is InChI=1S/C28H46N4O5/c1-18-4-7-21(15-22(18)17-32-28(29)30-3)26(35)16-24(36-19(2)33)8-5-20-6-9-25(34)27(14-20)37-23-10-12-31-13-11-23/h6,9,14,18,21-24,26,31,34-35H,4-5,7-8,10-13,15-17H2,1-3H3,(H3,29,30,32)/t18-,21-,22+,24-,26-/m1/s1. The van der Waals surface area contributed by atoms with Gasteiger partial charge in [0.25, 0.3) is 0 Å². The Labute approximate surface area is 221 Å². The lowest BCUT2D eigenvalue weighted by Crippen LogP contribution is -2.41. The number of benzene rings is 1. The van der Waals surface area contributed by atoms with Gasteiger partial charge in [-0.15, -0.1) is 0 Å². The third-order valence-corrected chi connectivity index (χ3v) is 7.93. The maximum atomic E-state index is 11.8. The molecule has 9 nitrogen and oxygen atoms in total. The van der Waals surface area contributed by atoms with Gasteiger partial charge < -0.3 is 36.1 Å². The number of piperidine rings is 1. The molecule has 1 aliphatic carbocycles. The molecule has 6 N–H and O–H groups in total. The zero-order valence-electron chi connectivity index (χ0n) is 22.6. The van der Waals surface area contributed by atoms with Gasteiger partial charge in [-0.3, -0.25) is 9.79 Å². The van der Waals surface area contributed by atoms with Crippen LogP contribution in [0.3, 0.4) is 0 Å². The molecule has 5 atom stereocenters. The van der Waals surface area contributed by atoms with Crippen LogP contribution in [0.25, 0.3) is 0 Å². The van der Waals surface area contributed by atoms with E-state index in [0.717, 1.165) is 57.3 Å². The van der Waals surface area contributed by atoms with Gasteiger partial charge >= 0.3 is 5.97 Å².